The molecule has 1 heterocycles. The predicted molar refractivity (Wildman–Crippen MR) is 61.0 cm³/mol. The molecule has 82 valence electrons. The summed E-state index contributed by atoms with van der Waals surface area (Å²) in [4.78, 5) is 10.9. The molecule has 0 aliphatic rings. The first-order chi connectivity index (χ1) is 7.59. The van der Waals surface area contributed by atoms with Gasteiger partial charge in [-0.1, -0.05) is 23.2 Å². The molecule has 0 spiro atoms. The maximum Gasteiger partial charge on any atom is 0.339 e. The number of halogens is 2. The van der Waals surface area contributed by atoms with Gasteiger partial charge in [-0.2, -0.15) is 5.10 Å². The fraction of sp³-hybridized carbons (Fsp3) is 0. The summed E-state index contributed by atoms with van der Waals surface area (Å²) >= 11 is 11.8. The number of hydrogen-bond donors (Lipinski definition) is 2. The fourth-order valence-corrected chi connectivity index (χ4v) is 1.73. The number of rotatable bonds is 2. The smallest absolute Gasteiger partial charge is 0.339 e. The molecule has 1 aromatic carbocycles. The van der Waals surface area contributed by atoms with Gasteiger partial charge in [-0.15, -0.1) is 0 Å². The first-order valence-corrected chi connectivity index (χ1v) is 5.07. The van der Waals surface area contributed by atoms with Crippen molar-refractivity contribution in [3.8, 4) is 11.3 Å². The number of aromatic amines is 1. The number of carbonyl (C=O) groups is 1. The summed E-state index contributed by atoms with van der Waals surface area (Å²) in [6.07, 6.45) is 1.23. The van der Waals surface area contributed by atoms with Crippen molar-refractivity contribution in [1.82, 2.24) is 10.2 Å². The Hall–Kier alpha value is -1.52. The van der Waals surface area contributed by atoms with Crippen molar-refractivity contribution < 1.29 is 9.90 Å². The highest BCUT2D eigenvalue weighted by Gasteiger charge is 2.16. The van der Waals surface area contributed by atoms with Gasteiger partial charge in [-0.3, -0.25) is 5.10 Å². The lowest BCUT2D eigenvalue weighted by Crippen LogP contribution is -1.97. The van der Waals surface area contributed by atoms with E-state index < -0.39 is 5.97 Å². The van der Waals surface area contributed by atoms with E-state index in [2.05, 4.69) is 10.2 Å². The lowest BCUT2D eigenvalue weighted by atomic mass is 10.1. The fourth-order valence-electron chi connectivity index (χ4n) is 1.34. The topological polar surface area (TPSA) is 66.0 Å². The average molecular weight is 257 g/mol. The molecule has 6 heteroatoms. The Kier molecular flexibility index (Phi) is 2.85. The Balaban J connectivity index is 2.62. The third kappa shape index (κ3) is 1.89. The molecular formula is C10H6Cl2N2O2. The Morgan fingerprint density at radius 1 is 1.38 bits per heavy atom. The van der Waals surface area contributed by atoms with Crippen molar-refractivity contribution in [2.45, 2.75) is 0 Å². The first-order valence-electron chi connectivity index (χ1n) is 4.31. The van der Waals surface area contributed by atoms with E-state index in [1.807, 2.05) is 0 Å². The van der Waals surface area contributed by atoms with E-state index in [-0.39, 0.29) is 5.56 Å². The lowest BCUT2D eigenvalue weighted by Gasteiger charge is -2.03. The highest BCUT2D eigenvalue weighted by atomic mass is 35.5. The van der Waals surface area contributed by atoms with Crippen LogP contribution in [0.25, 0.3) is 11.3 Å². The maximum atomic E-state index is 10.9. The Morgan fingerprint density at radius 3 is 2.81 bits per heavy atom. The molecule has 0 aliphatic heterocycles. The van der Waals surface area contributed by atoms with Crippen LogP contribution in [0.4, 0.5) is 0 Å². The van der Waals surface area contributed by atoms with Crippen molar-refractivity contribution >= 4 is 29.2 Å². The van der Waals surface area contributed by atoms with Gasteiger partial charge in [0.2, 0.25) is 0 Å². The quantitative estimate of drug-likeness (QED) is 0.868. The van der Waals surface area contributed by atoms with Gasteiger partial charge >= 0.3 is 5.97 Å². The molecule has 2 N–H and O–H groups in total. The normalized spacial score (nSPS) is 10.4. The first kappa shape index (κ1) is 11.0. The SMILES string of the molecule is O=C(O)c1cn[nH]c1-c1cc(Cl)ccc1Cl. The van der Waals surface area contributed by atoms with Crippen molar-refractivity contribution in [1.29, 1.82) is 0 Å². The van der Waals surface area contributed by atoms with Gasteiger partial charge in [0.15, 0.2) is 0 Å². The molecular weight excluding hydrogens is 251 g/mol. The number of carboxylic acids is 1. The number of carboxylic acid groups (broad SMARTS) is 1. The van der Waals surface area contributed by atoms with Gasteiger partial charge in [0.25, 0.3) is 0 Å². The van der Waals surface area contributed by atoms with Crippen LogP contribution < -0.4 is 0 Å². The van der Waals surface area contributed by atoms with E-state index in [1.165, 1.54) is 6.20 Å². The summed E-state index contributed by atoms with van der Waals surface area (Å²) in [7, 11) is 0. The number of H-pyrrole nitrogens is 1. The van der Waals surface area contributed by atoms with Crippen molar-refractivity contribution in [2.75, 3.05) is 0 Å². The van der Waals surface area contributed by atoms with Gasteiger partial charge < -0.3 is 5.11 Å². The van der Waals surface area contributed by atoms with E-state index >= 15 is 0 Å². The van der Waals surface area contributed by atoms with Crippen LogP contribution in [0, 0.1) is 0 Å². The summed E-state index contributed by atoms with van der Waals surface area (Å²) in [5, 5.41) is 16.1. The number of aromatic carboxylic acids is 1. The largest absolute Gasteiger partial charge is 0.478 e. The predicted octanol–water partition coefficient (Wildman–Crippen LogP) is 3.08. The second-order valence-corrected chi connectivity index (χ2v) is 3.93. The van der Waals surface area contributed by atoms with E-state index in [4.69, 9.17) is 28.3 Å². The second kappa shape index (κ2) is 4.15. The zero-order valence-electron chi connectivity index (χ0n) is 7.87. The molecule has 1 aromatic heterocycles. The van der Waals surface area contributed by atoms with Crippen molar-refractivity contribution in [2.24, 2.45) is 0 Å². The summed E-state index contributed by atoms with van der Waals surface area (Å²) in [5.41, 5.74) is 0.924. The molecule has 0 aliphatic carbocycles. The molecule has 0 amide bonds. The Morgan fingerprint density at radius 2 is 2.12 bits per heavy atom. The van der Waals surface area contributed by atoms with Gasteiger partial charge in [0.05, 0.1) is 16.9 Å². The Labute approximate surface area is 101 Å². The number of benzene rings is 1. The molecule has 2 rings (SSSR count). The van der Waals surface area contributed by atoms with Gasteiger partial charge in [0.1, 0.15) is 5.56 Å². The van der Waals surface area contributed by atoms with Crippen LogP contribution in [0.3, 0.4) is 0 Å². The zero-order valence-corrected chi connectivity index (χ0v) is 9.38. The third-order valence-corrected chi connectivity index (χ3v) is 2.63. The van der Waals surface area contributed by atoms with Gasteiger partial charge in [-0.05, 0) is 18.2 Å². The zero-order chi connectivity index (χ0) is 11.7. The van der Waals surface area contributed by atoms with Crippen molar-refractivity contribution in [3.63, 3.8) is 0 Å². The molecule has 0 atom stereocenters. The minimum Gasteiger partial charge on any atom is -0.478 e. The minimum absolute atomic E-state index is 0.0594. The summed E-state index contributed by atoms with van der Waals surface area (Å²) in [6, 6.07) is 4.82. The number of nitrogens with zero attached hydrogens (tertiary/aromatic N) is 1. The number of hydrogen-bond acceptors (Lipinski definition) is 2. The van der Waals surface area contributed by atoms with E-state index in [1.54, 1.807) is 18.2 Å². The Bertz CT molecular complexity index is 552. The van der Waals surface area contributed by atoms with Gasteiger partial charge in [-0.25, -0.2) is 4.79 Å². The summed E-state index contributed by atoms with van der Waals surface area (Å²) in [6.45, 7) is 0. The molecule has 0 radical (unpaired) electrons. The molecule has 0 bridgehead atoms. The maximum absolute atomic E-state index is 10.9. The highest BCUT2D eigenvalue weighted by molar-refractivity contribution is 6.35. The molecule has 16 heavy (non-hydrogen) atoms. The summed E-state index contributed by atoms with van der Waals surface area (Å²) in [5.74, 6) is -1.07. The number of aromatic nitrogens is 2. The van der Waals surface area contributed by atoms with Gasteiger partial charge in [0, 0.05) is 10.6 Å². The molecule has 0 saturated carbocycles. The molecule has 2 aromatic rings. The minimum atomic E-state index is -1.07. The van der Waals surface area contributed by atoms with Crippen LogP contribution in [-0.2, 0) is 0 Å². The number of nitrogens with one attached hydrogen (secondary N) is 1. The van der Waals surface area contributed by atoms with Crippen LogP contribution >= 0.6 is 23.2 Å². The van der Waals surface area contributed by atoms with Crippen LogP contribution in [0.2, 0.25) is 10.0 Å². The summed E-state index contributed by atoms with van der Waals surface area (Å²) < 4.78 is 0. The second-order valence-electron chi connectivity index (χ2n) is 3.09. The monoisotopic (exact) mass is 256 g/mol. The highest BCUT2D eigenvalue weighted by Crippen LogP contribution is 2.31. The van der Waals surface area contributed by atoms with Crippen LogP contribution in [-0.4, -0.2) is 21.3 Å². The van der Waals surface area contributed by atoms with E-state index in [0.717, 1.165) is 0 Å². The molecule has 0 unspecified atom stereocenters. The van der Waals surface area contributed by atoms with Crippen LogP contribution in [0.15, 0.2) is 24.4 Å². The third-order valence-electron chi connectivity index (χ3n) is 2.07. The molecule has 4 nitrogen and oxygen atoms in total. The average Bonchev–Trinajstić information content (AvgIpc) is 2.70. The van der Waals surface area contributed by atoms with Crippen molar-refractivity contribution in [3.05, 3.63) is 40.0 Å². The van der Waals surface area contributed by atoms with Crippen LogP contribution in [0.1, 0.15) is 10.4 Å². The van der Waals surface area contributed by atoms with E-state index in [0.29, 0.717) is 21.3 Å². The molecule has 0 fully saturated rings. The van der Waals surface area contributed by atoms with Crippen LogP contribution in [0.5, 0.6) is 0 Å². The lowest BCUT2D eigenvalue weighted by molar-refractivity contribution is 0.0698. The van der Waals surface area contributed by atoms with E-state index in [9.17, 15) is 4.79 Å². The standard InChI is InChI=1S/C10H6Cl2N2O2/c11-5-1-2-8(12)6(3-5)9-7(10(15)16)4-13-14-9/h1-4H,(H,13,14)(H,15,16). The molecule has 0 saturated heterocycles.